The molecule has 1 saturated heterocycles. The zero-order chi connectivity index (χ0) is 17.0. The molecule has 0 unspecified atom stereocenters. The minimum absolute atomic E-state index is 0.276. The zero-order valence-corrected chi connectivity index (χ0v) is 13.5. The van der Waals surface area contributed by atoms with Gasteiger partial charge in [-0.2, -0.15) is 0 Å². The highest BCUT2D eigenvalue weighted by Crippen LogP contribution is 2.32. The van der Waals surface area contributed by atoms with E-state index < -0.39 is 23.4 Å². The molecule has 0 aliphatic carbocycles. The van der Waals surface area contributed by atoms with Crippen LogP contribution in [0.25, 0.3) is 0 Å². The van der Waals surface area contributed by atoms with Crippen molar-refractivity contribution in [3.63, 3.8) is 0 Å². The Labute approximate surface area is 139 Å². The van der Waals surface area contributed by atoms with E-state index in [2.05, 4.69) is 17.2 Å². The van der Waals surface area contributed by atoms with Gasteiger partial charge in [0.05, 0.1) is 0 Å². The Morgan fingerprint density at radius 1 is 1.39 bits per heavy atom. The molecule has 4 amide bonds. The van der Waals surface area contributed by atoms with E-state index in [1.165, 1.54) is 6.08 Å². The highest BCUT2D eigenvalue weighted by Gasteiger charge is 2.51. The number of nitrogens with one attached hydrogen (secondary N) is 2. The number of amides is 4. The second kappa shape index (κ2) is 6.83. The fourth-order valence-electron chi connectivity index (χ4n) is 2.53. The third kappa shape index (κ3) is 3.22. The van der Waals surface area contributed by atoms with Gasteiger partial charge in [0, 0.05) is 11.6 Å². The van der Waals surface area contributed by atoms with E-state index in [1.807, 2.05) is 0 Å². The summed E-state index contributed by atoms with van der Waals surface area (Å²) in [5.74, 6) is -0.863. The zero-order valence-electron chi connectivity index (χ0n) is 12.8. The standard InChI is InChI=1S/C16H18ClN3O3/c1-3-9-18-13(21)10-20-14(22)16(4-2,19-15(20)23)11-5-7-12(17)8-6-11/h3,5-8H,1,4,9-10H2,2H3,(H,18,21)(H,19,23)/t16-/m1/s1. The number of urea groups is 1. The number of hydrogen-bond acceptors (Lipinski definition) is 3. The van der Waals surface area contributed by atoms with Crippen molar-refractivity contribution in [2.75, 3.05) is 13.1 Å². The summed E-state index contributed by atoms with van der Waals surface area (Å²) in [4.78, 5) is 37.7. The molecule has 23 heavy (non-hydrogen) atoms. The number of halogens is 1. The predicted molar refractivity (Wildman–Crippen MR) is 86.9 cm³/mol. The molecule has 1 aliphatic rings. The van der Waals surface area contributed by atoms with Crippen LogP contribution in [0.3, 0.4) is 0 Å². The van der Waals surface area contributed by atoms with E-state index >= 15 is 0 Å². The van der Waals surface area contributed by atoms with Crippen molar-refractivity contribution >= 4 is 29.4 Å². The van der Waals surface area contributed by atoms with Crippen molar-refractivity contribution < 1.29 is 14.4 Å². The molecule has 2 rings (SSSR count). The molecular formula is C16H18ClN3O3. The predicted octanol–water partition coefficient (Wildman–Crippen LogP) is 1.80. The third-order valence-electron chi connectivity index (χ3n) is 3.79. The first-order valence-corrected chi connectivity index (χ1v) is 7.60. The van der Waals surface area contributed by atoms with Crippen LogP contribution in [0.15, 0.2) is 36.9 Å². The van der Waals surface area contributed by atoms with Gasteiger partial charge in [-0.15, -0.1) is 6.58 Å². The quantitative estimate of drug-likeness (QED) is 0.614. The average Bonchev–Trinajstić information content (AvgIpc) is 2.78. The topological polar surface area (TPSA) is 78.5 Å². The Balaban J connectivity index is 2.25. The van der Waals surface area contributed by atoms with Crippen LogP contribution in [0.4, 0.5) is 4.79 Å². The summed E-state index contributed by atoms with van der Waals surface area (Å²) in [6.45, 7) is 5.24. The van der Waals surface area contributed by atoms with Gasteiger partial charge in [-0.1, -0.05) is 36.7 Å². The van der Waals surface area contributed by atoms with Crippen LogP contribution in [0.2, 0.25) is 5.02 Å². The molecule has 1 heterocycles. The van der Waals surface area contributed by atoms with Crippen molar-refractivity contribution in [3.8, 4) is 0 Å². The molecule has 0 saturated carbocycles. The number of hydrogen-bond donors (Lipinski definition) is 2. The lowest BCUT2D eigenvalue weighted by Gasteiger charge is -2.25. The van der Waals surface area contributed by atoms with Crippen LogP contribution in [0.1, 0.15) is 18.9 Å². The van der Waals surface area contributed by atoms with Gasteiger partial charge in [-0.05, 0) is 24.1 Å². The number of carbonyl (C=O) groups excluding carboxylic acids is 3. The maximum Gasteiger partial charge on any atom is 0.325 e. The number of benzene rings is 1. The van der Waals surface area contributed by atoms with E-state index in [0.29, 0.717) is 17.0 Å². The van der Waals surface area contributed by atoms with Crippen LogP contribution >= 0.6 is 11.6 Å². The van der Waals surface area contributed by atoms with Gasteiger partial charge in [-0.25, -0.2) is 4.79 Å². The maximum absolute atomic E-state index is 12.8. The van der Waals surface area contributed by atoms with Crippen molar-refractivity contribution in [2.45, 2.75) is 18.9 Å². The molecule has 1 aromatic carbocycles. The van der Waals surface area contributed by atoms with Gasteiger partial charge in [0.1, 0.15) is 12.1 Å². The van der Waals surface area contributed by atoms with Crippen LogP contribution < -0.4 is 10.6 Å². The molecule has 1 aliphatic heterocycles. The van der Waals surface area contributed by atoms with Crippen molar-refractivity contribution in [1.29, 1.82) is 0 Å². The summed E-state index contributed by atoms with van der Waals surface area (Å²) in [6.07, 6.45) is 1.89. The van der Waals surface area contributed by atoms with Gasteiger partial charge < -0.3 is 10.6 Å². The molecule has 1 atom stereocenters. The minimum Gasteiger partial charge on any atom is -0.351 e. The lowest BCUT2D eigenvalue weighted by molar-refractivity contribution is -0.135. The first-order valence-electron chi connectivity index (χ1n) is 7.22. The molecule has 0 radical (unpaired) electrons. The van der Waals surface area contributed by atoms with Crippen LogP contribution in [-0.2, 0) is 15.1 Å². The van der Waals surface area contributed by atoms with Gasteiger partial charge in [-0.3, -0.25) is 14.5 Å². The SMILES string of the molecule is C=CCNC(=O)CN1C(=O)N[C@](CC)(c2ccc(Cl)cc2)C1=O. The normalized spacial score (nSPS) is 20.3. The number of imide groups is 1. The molecular weight excluding hydrogens is 318 g/mol. The van der Waals surface area contributed by atoms with Gasteiger partial charge in [0.25, 0.3) is 5.91 Å². The monoisotopic (exact) mass is 335 g/mol. The van der Waals surface area contributed by atoms with Gasteiger partial charge >= 0.3 is 6.03 Å². The highest BCUT2D eigenvalue weighted by atomic mass is 35.5. The molecule has 1 fully saturated rings. The Kier molecular flexibility index (Phi) is 5.05. The van der Waals surface area contributed by atoms with E-state index in [0.717, 1.165) is 4.90 Å². The Bertz CT molecular complexity index is 644. The summed E-state index contributed by atoms with van der Waals surface area (Å²) in [5, 5.41) is 5.79. The second-order valence-electron chi connectivity index (χ2n) is 5.18. The smallest absolute Gasteiger partial charge is 0.325 e. The van der Waals surface area contributed by atoms with E-state index in [-0.39, 0.29) is 13.1 Å². The molecule has 0 aromatic heterocycles. The van der Waals surface area contributed by atoms with Gasteiger partial charge in [0.2, 0.25) is 5.91 Å². The third-order valence-corrected chi connectivity index (χ3v) is 4.04. The van der Waals surface area contributed by atoms with E-state index in [1.54, 1.807) is 31.2 Å². The highest BCUT2D eigenvalue weighted by molar-refractivity contribution is 6.30. The lowest BCUT2D eigenvalue weighted by atomic mass is 9.87. The molecule has 1 aromatic rings. The fourth-order valence-corrected chi connectivity index (χ4v) is 2.66. The number of nitrogens with zero attached hydrogens (tertiary/aromatic N) is 1. The summed E-state index contributed by atoms with van der Waals surface area (Å²) in [5.41, 5.74) is -0.530. The molecule has 7 heteroatoms. The van der Waals surface area contributed by atoms with Crippen molar-refractivity contribution in [1.82, 2.24) is 15.5 Å². The molecule has 2 N–H and O–H groups in total. The van der Waals surface area contributed by atoms with Crippen molar-refractivity contribution in [3.05, 3.63) is 47.5 Å². The Hall–Kier alpha value is -2.34. The molecule has 6 nitrogen and oxygen atoms in total. The van der Waals surface area contributed by atoms with Crippen LogP contribution in [-0.4, -0.2) is 35.8 Å². The Morgan fingerprint density at radius 2 is 2.04 bits per heavy atom. The van der Waals surface area contributed by atoms with Gasteiger partial charge in [0.15, 0.2) is 0 Å². The Morgan fingerprint density at radius 3 is 2.61 bits per heavy atom. The van der Waals surface area contributed by atoms with Crippen LogP contribution in [0, 0.1) is 0 Å². The number of rotatable bonds is 6. The summed E-state index contributed by atoms with van der Waals surface area (Å²) in [6, 6.07) is 6.14. The molecule has 122 valence electrons. The maximum atomic E-state index is 12.8. The summed E-state index contributed by atoms with van der Waals surface area (Å²) in [7, 11) is 0. The van der Waals surface area contributed by atoms with E-state index in [4.69, 9.17) is 11.6 Å². The van der Waals surface area contributed by atoms with E-state index in [9.17, 15) is 14.4 Å². The minimum atomic E-state index is -1.17. The number of carbonyl (C=O) groups is 3. The van der Waals surface area contributed by atoms with Crippen molar-refractivity contribution in [2.24, 2.45) is 0 Å². The lowest BCUT2D eigenvalue weighted by Crippen LogP contribution is -2.44. The first kappa shape index (κ1) is 17.0. The average molecular weight is 336 g/mol. The summed E-state index contributed by atoms with van der Waals surface area (Å²) < 4.78 is 0. The first-order chi connectivity index (χ1) is 10.9. The molecule has 0 bridgehead atoms. The second-order valence-corrected chi connectivity index (χ2v) is 5.62. The largest absolute Gasteiger partial charge is 0.351 e. The summed E-state index contributed by atoms with van der Waals surface area (Å²) >= 11 is 5.87. The fraction of sp³-hybridized carbons (Fsp3) is 0.312. The molecule has 0 spiro atoms. The van der Waals surface area contributed by atoms with Crippen LogP contribution in [0.5, 0.6) is 0 Å².